The molecule has 0 heterocycles. The first kappa shape index (κ1) is 75.4. The Kier molecular flexibility index (Phi) is 55.0. The van der Waals surface area contributed by atoms with Crippen LogP contribution >= 0.6 is 7.82 Å². The zero-order valence-electron chi connectivity index (χ0n) is 51.5. The first-order valence-corrected chi connectivity index (χ1v) is 33.3. The van der Waals surface area contributed by atoms with E-state index in [1.165, 1.54) is 70.6 Å². The number of ether oxygens (including phenoxy) is 1. The molecule has 0 spiro atoms. The summed E-state index contributed by atoms with van der Waals surface area (Å²) in [6.45, 7) is 6.65. The van der Waals surface area contributed by atoms with Crippen LogP contribution < -0.4 is 10.2 Å². The lowest BCUT2D eigenvalue weighted by atomic mass is 10.1. The molecule has 3 atom stereocenters. The number of carbonyl (C=O) groups excluding carboxylic acids is 2. The van der Waals surface area contributed by atoms with Gasteiger partial charge in [-0.1, -0.05) is 239 Å². The number of nitrogens with zero attached hydrogens (tertiary/aromatic N) is 1. The summed E-state index contributed by atoms with van der Waals surface area (Å²) in [7, 11) is 1.14. The minimum atomic E-state index is -4.72. The number of phosphoric acid groups is 1. The normalized spacial score (nSPS) is 14.5. The molecule has 0 saturated carbocycles. The summed E-state index contributed by atoms with van der Waals surface area (Å²) in [4.78, 5) is 40.0. The van der Waals surface area contributed by atoms with Crippen molar-refractivity contribution < 1.29 is 37.3 Å². The predicted molar refractivity (Wildman–Crippen MR) is 339 cm³/mol. The summed E-state index contributed by atoms with van der Waals surface area (Å²) in [5.74, 6) is -0.593. The number of hydrogen-bond donors (Lipinski definition) is 1. The van der Waals surface area contributed by atoms with E-state index >= 15 is 0 Å². The van der Waals surface area contributed by atoms with E-state index in [1.54, 1.807) is 0 Å². The fraction of sp³-hybridized carbons (Fsp3) is 0.681. The van der Waals surface area contributed by atoms with E-state index < -0.39 is 26.6 Å². The number of phosphoric ester groups is 1. The summed E-state index contributed by atoms with van der Waals surface area (Å²) in [5.41, 5.74) is 0. The molecule has 0 aliphatic carbocycles. The molecule has 9 nitrogen and oxygen atoms in total. The number of rotatable bonds is 56. The molecule has 0 aromatic heterocycles. The topological polar surface area (TPSA) is 114 Å². The molecular formula is C69H119N2O7P. The van der Waals surface area contributed by atoms with Crippen LogP contribution in [0.25, 0.3) is 0 Å². The van der Waals surface area contributed by atoms with E-state index in [-0.39, 0.29) is 31.3 Å². The number of likely N-dealkylation sites (N-methyl/N-ethyl adjacent to an activating group) is 1. The number of nitrogens with one attached hydrogen (secondary N) is 1. The summed E-state index contributed by atoms with van der Waals surface area (Å²) < 4.78 is 30.3. The van der Waals surface area contributed by atoms with Gasteiger partial charge in [0.1, 0.15) is 19.3 Å². The van der Waals surface area contributed by atoms with Gasteiger partial charge in [-0.3, -0.25) is 14.2 Å². The summed E-state index contributed by atoms with van der Waals surface area (Å²) in [6, 6.07) is -0.916. The molecule has 79 heavy (non-hydrogen) atoms. The number of amides is 1. The Hall–Kier alpha value is -3.59. The van der Waals surface area contributed by atoms with Crippen molar-refractivity contribution in [3.05, 3.63) is 122 Å². The Morgan fingerprint density at radius 1 is 0.456 bits per heavy atom. The molecular weight excluding hydrogens is 1000 g/mol. The fourth-order valence-electron chi connectivity index (χ4n) is 8.47. The maximum absolute atomic E-state index is 13.5. The highest BCUT2D eigenvalue weighted by atomic mass is 31.2. The van der Waals surface area contributed by atoms with Gasteiger partial charge in [0.15, 0.2) is 0 Å². The Morgan fingerprint density at radius 2 is 0.810 bits per heavy atom. The van der Waals surface area contributed by atoms with Crippen LogP contribution in [0.4, 0.5) is 0 Å². The first-order chi connectivity index (χ1) is 38.4. The van der Waals surface area contributed by atoms with Gasteiger partial charge in [-0.2, -0.15) is 0 Å². The van der Waals surface area contributed by atoms with Gasteiger partial charge < -0.3 is 28.5 Å². The quantitative estimate of drug-likeness (QED) is 0.0212. The molecule has 0 fully saturated rings. The molecule has 0 aliphatic rings. The Bertz CT molecular complexity index is 1770. The van der Waals surface area contributed by atoms with Gasteiger partial charge in [0.05, 0.1) is 33.8 Å². The zero-order chi connectivity index (χ0) is 57.9. The van der Waals surface area contributed by atoms with Gasteiger partial charge in [0, 0.05) is 12.8 Å². The van der Waals surface area contributed by atoms with Crippen molar-refractivity contribution in [2.24, 2.45) is 0 Å². The van der Waals surface area contributed by atoms with Crippen molar-refractivity contribution >= 4 is 19.7 Å². The van der Waals surface area contributed by atoms with Crippen molar-refractivity contribution in [1.29, 1.82) is 0 Å². The van der Waals surface area contributed by atoms with Crippen LogP contribution in [0.5, 0.6) is 0 Å². The molecule has 1 amide bonds. The molecule has 0 aliphatic heterocycles. The molecule has 0 aromatic carbocycles. The molecule has 0 saturated heterocycles. The zero-order valence-corrected chi connectivity index (χ0v) is 52.4. The number of esters is 1. The fourth-order valence-corrected chi connectivity index (χ4v) is 9.19. The van der Waals surface area contributed by atoms with Crippen molar-refractivity contribution in [3.8, 4) is 0 Å². The maximum Gasteiger partial charge on any atom is 0.306 e. The predicted octanol–water partition coefficient (Wildman–Crippen LogP) is 19.3. The largest absolute Gasteiger partial charge is 0.756 e. The van der Waals surface area contributed by atoms with Crippen LogP contribution in [0, 0.1) is 0 Å². The molecule has 0 rings (SSSR count). The number of hydrogen-bond acceptors (Lipinski definition) is 7. The number of quaternary nitrogens is 1. The third kappa shape index (κ3) is 58.9. The van der Waals surface area contributed by atoms with Crippen LogP contribution in [0.3, 0.4) is 0 Å². The van der Waals surface area contributed by atoms with Crippen molar-refractivity contribution in [3.63, 3.8) is 0 Å². The molecule has 1 N–H and O–H groups in total. The lowest BCUT2D eigenvalue weighted by molar-refractivity contribution is -0.870. The van der Waals surface area contributed by atoms with Gasteiger partial charge in [-0.05, 0) is 122 Å². The van der Waals surface area contributed by atoms with E-state index in [9.17, 15) is 19.0 Å². The Balaban J connectivity index is 5.27. The van der Waals surface area contributed by atoms with E-state index in [4.69, 9.17) is 13.8 Å². The second-order valence-electron chi connectivity index (χ2n) is 22.2. The second kappa shape index (κ2) is 57.6. The van der Waals surface area contributed by atoms with E-state index in [2.05, 4.69) is 135 Å². The highest BCUT2D eigenvalue weighted by molar-refractivity contribution is 7.45. The third-order valence-corrected chi connectivity index (χ3v) is 14.3. The average Bonchev–Trinajstić information content (AvgIpc) is 3.41. The summed E-state index contributed by atoms with van der Waals surface area (Å²) in [5, 5.41) is 3.01. The monoisotopic (exact) mass is 1120 g/mol. The highest BCUT2D eigenvalue weighted by Gasteiger charge is 2.27. The van der Waals surface area contributed by atoms with Gasteiger partial charge in [-0.15, -0.1) is 0 Å². The molecule has 0 radical (unpaired) electrons. The third-order valence-electron chi connectivity index (χ3n) is 13.4. The minimum absolute atomic E-state index is 0.0366. The minimum Gasteiger partial charge on any atom is -0.756 e. The molecule has 452 valence electrons. The van der Waals surface area contributed by atoms with Gasteiger partial charge in [0.2, 0.25) is 5.91 Å². The van der Waals surface area contributed by atoms with E-state index in [0.29, 0.717) is 23.9 Å². The SMILES string of the molecule is CC/C=C\C/C=C\C/C=C\C/C=C\C/C=C\C/C=C\CCCCCCC(=O)NC(COP(=O)([O-])OCC[N+](C)(C)C)C(/C=C\CCCCCCCCCCC)OC(=O)CCCCCCCC/C=C\C/C=C\C/C=C\CCCCC. The molecule has 0 bridgehead atoms. The van der Waals surface area contributed by atoms with Crippen LogP contribution in [-0.4, -0.2) is 69.4 Å². The van der Waals surface area contributed by atoms with E-state index in [1.807, 2.05) is 33.3 Å². The molecule has 0 aromatic rings. The Labute approximate surface area is 486 Å². The standard InChI is InChI=1S/C69H119N2O7P/c1-7-10-13-16-19-22-25-27-29-31-33-34-35-36-38-39-41-43-46-49-52-55-58-61-68(72)70-66(65-77-79(74,75)76-64-63-71(4,5)6)67(60-57-54-51-48-45-24-21-18-15-12-9-3)78-69(73)62-59-56-53-50-47-44-42-40-37-32-30-28-26-23-20-17-14-11-8-2/h10,13,19-20,22-23,27-30,33-34,36-38,40-41,43,57,60,66-67H,7-9,11-12,14-18,21,24-26,31-32,35,39,42,44-56,58-59,61-65H2,1-6H3,(H-,70,72,74,75)/b13-10-,22-19-,23-20-,29-27-,30-28-,34-33-,38-36-,40-37-,43-41-,60-57-. The van der Waals surface area contributed by atoms with Gasteiger partial charge >= 0.3 is 5.97 Å². The number of allylic oxidation sites excluding steroid dienone is 19. The van der Waals surface area contributed by atoms with Gasteiger partial charge in [-0.25, -0.2) is 0 Å². The van der Waals surface area contributed by atoms with Crippen molar-refractivity contribution in [1.82, 2.24) is 5.32 Å². The smallest absolute Gasteiger partial charge is 0.306 e. The second-order valence-corrected chi connectivity index (χ2v) is 23.6. The highest BCUT2D eigenvalue weighted by Crippen LogP contribution is 2.38. The molecule has 3 unspecified atom stereocenters. The lowest BCUT2D eigenvalue weighted by Crippen LogP contribution is -2.47. The summed E-state index contributed by atoms with van der Waals surface area (Å²) >= 11 is 0. The summed E-state index contributed by atoms with van der Waals surface area (Å²) in [6.07, 6.45) is 80.2. The Morgan fingerprint density at radius 3 is 1.24 bits per heavy atom. The maximum atomic E-state index is 13.5. The average molecular weight is 1120 g/mol. The van der Waals surface area contributed by atoms with Crippen molar-refractivity contribution in [2.75, 3.05) is 40.9 Å². The van der Waals surface area contributed by atoms with Crippen LogP contribution in [0.15, 0.2) is 122 Å². The van der Waals surface area contributed by atoms with Gasteiger partial charge in [0.25, 0.3) is 7.82 Å². The lowest BCUT2D eigenvalue weighted by Gasteiger charge is -2.30. The van der Waals surface area contributed by atoms with E-state index in [0.717, 1.165) is 135 Å². The van der Waals surface area contributed by atoms with Crippen LogP contribution in [0.1, 0.15) is 252 Å². The number of unbranched alkanes of at least 4 members (excludes halogenated alkanes) is 22. The molecule has 10 heteroatoms. The van der Waals surface area contributed by atoms with Crippen LogP contribution in [-0.2, 0) is 27.9 Å². The first-order valence-electron chi connectivity index (χ1n) is 31.8. The van der Waals surface area contributed by atoms with Crippen molar-refractivity contribution in [2.45, 2.75) is 264 Å². The number of carbonyl (C=O) groups is 2. The van der Waals surface area contributed by atoms with Crippen LogP contribution in [0.2, 0.25) is 0 Å².